The number of ketones is 1. The van der Waals surface area contributed by atoms with Gasteiger partial charge in [0.1, 0.15) is 5.75 Å². The van der Waals surface area contributed by atoms with E-state index >= 15 is 0 Å². The van der Waals surface area contributed by atoms with E-state index < -0.39 is 0 Å². The highest BCUT2D eigenvalue weighted by Crippen LogP contribution is 2.20. The number of carbonyl (C=O) groups is 1. The van der Waals surface area contributed by atoms with Crippen LogP contribution in [0.15, 0.2) is 53.0 Å². The SMILES string of the molecule is CC(C)c1ccc(OCC(=O)c2ccccc2Br)cc1. The second kappa shape index (κ2) is 6.71. The Hall–Kier alpha value is -1.61. The third kappa shape index (κ3) is 3.70. The molecule has 2 aromatic rings. The highest BCUT2D eigenvalue weighted by molar-refractivity contribution is 9.10. The van der Waals surface area contributed by atoms with Crippen LogP contribution in [0.5, 0.6) is 5.75 Å². The average molecular weight is 333 g/mol. The van der Waals surface area contributed by atoms with Gasteiger partial charge in [-0.3, -0.25) is 4.79 Å². The summed E-state index contributed by atoms with van der Waals surface area (Å²) in [7, 11) is 0. The van der Waals surface area contributed by atoms with Crippen molar-refractivity contribution >= 4 is 21.7 Å². The van der Waals surface area contributed by atoms with Gasteiger partial charge in [0.15, 0.2) is 6.61 Å². The quantitative estimate of drug-likeness (QED) is 0.732. The molecule has 0 heterocycles. The Labute approximate surface area is 127 Å². The van der Waals surface area contributed by atoms with Gasteiger partial charge in [-0.25, -0.2) is 0 Å². The molecule has 104 valence electrons. The fraction of sp³-hybridized carbons (Fsp3) is 0.235. The summed E-state index contributed by atoms with van der Waals surface area (Å²) in [5, 5.41) is 0. The summed E-state index contributed by atoms with van der Waals surface area (Å²) >= 11 is 3.37. The van der Waals surface area contributed by atoms with E-state index in [9.17, 15) is 4.79 Å². The minimum absolute atomic E-state index is 0.0367. The second-order valence-electron chi connectivity index (χ2n) is 4.92. The molecule has 0 fully saturated rings. The molecule has 2 nitrogen and oxygen atoms in total. The highest BCUT2D eigenvalue weighted by Gasteiger charge is 2.10. The van der Waals surface area contributed by atoms with Crippen molar-refractivity contribution in [2.45, 2.75) is 19.8 Å². The van der Waals surface area contributed by atoms with Gasteiger partial charge < -0.3 is 4.74 Å². The van der Waals surface area contributed by atoms with Gasteiger partial charge in [-0.2, -0.15) is 0 Å². The van der Waals surface area contributed by atoms with Crippen molar-refractivity contribution in [2.75, 3.05) is 6.61 Å². The third-order valence-corrected chi connectivity index (χ3v) is 3.78. The van der Waals surface area contributed by atoms with Gasteiger partial charge in [-0.15, -0.1) is 0 Å². The van der Waals surface area contributed by atoms with E-state index in [0.717, 1.165) is 10.2 Å². The van der Waals surface area contributed by atoms with Crippen LogP contribution in [0.4, 0.5) is 0 Å². The van der Waals surface area contributed by atoms with E-state index in [1.165, 1.54) is 5.56 Å². The number of carbonyl (C=O) groups excluding carboxylic acids is 1. The van der Waals surface area contributed by atoms with Crippen LogP contribution in [0.2, 0.25) is 0 Å². The molecule has 0 saturated carbocycles. The van der Waals surface area contributed by atoms with E-state index in [2.05, 4.69) is 29.8 Å². The van der Waals surface area contributed by atoms with Crippen LogP contribution in [-0.4, -0.2) is 12.4 Å². The minimum Gasteiger partial charge on any atom is -0.485 e. The van der Waals surface area contributed by atoms with Gasteiger partial charge in [0, 0.05) is 10.0 Å². The summed E-state index contributed by atoms with van der Waals surface area (Å²) < 4.78 is 6.34. The molecule has 0 aliphatic rings. The first-order valence-corrected chi connectivity index (χ1v) is 7.37. The number of ether oxygens (including phenoxy) is 1. The molecule has 2 rings (SSSR count). The van der Waals surface area contributed by atoms with Crippen LogP contribution >= 0.6 is 15.9 Å². The lowest BCUT2D eigenvalue weighted by molar-refractivity contribution is 0.0920. The molecule has 0 bridgehead atoms. The zero-order chi connectivity index (χ0) is 14.5. The monoisotopic (exact) mass is 332 g/mol. The third-order valence-electron chi connectivity index (χ3n) is 3.09. The molecule has 0 aliphatic heterocycles. The summed E-state index contributed by atoms with van der Waals surface area (Å²) in [5.74, 6) is 1.17. The zero-order valence-corrected chi connectivity index (χ0v) is 13.2. The van der Waals surface area contributed by atoms with Crippen LogP contribution in [0, 0.1) is 0 Å². The van der Waals surface area contributed by atoms with Crippen LogP contribution in [0.1, 0.15) is 35.7 Å². The van der Waals surface area contributed by atoms with Gasteiger partial charge in [-0.05, 0) is 29.7 Å². The molecule has 0 aliphatic carbocycles. The molecular weight excluding hydrogens is 316 g/mol. The number of halogens is 1. The Morgan fingerprint density at radius 1 is 1.10 bits per heavy atom. The zero-order valence-electron chi connectivity index (χ0n) is 11.6. The van der Waals surface area contributed by atoms with Crippen molar-refractivity contribution in [3.63, 3.8) is 0 Å². The van der Waals surface area contributed by atoms with Crippen LogP contribution < -0.4 is 4.74 Å². The first-order valence-electron chi connectivity index (χ1n) is 6.58. The average Bonchev–Trinajstić information content (AvgIpc) is 2.45. The molecule has 0 aromatic heterocycles. The standard InChI is InChI=1S/C17H17BrO2/c1-12(2)13-7-9-14(10-8-13)20-11-17(19)15-5-3-4-6-16(15)18/h3-10,12H,11H2,1-2H3. The van der Waals surface area contributed by atoms with Gasteiger partial charge in [0.05, 0.1) is 0 Å². The second-order valence-corrected chi connectivity index (χ2v) is 5.77. The molecule has 0 radical (unpaired) electrons. The molecule has 20 heavy (non-hydrogen) atoms. The Morgan fingerprint density at radius 2 is 1.75 bits per heavy atom. The molecule has 0 saturated heterocycles. The van der Waals surface area contributed by atoms with Gasteiger partial charge in [0.25, 0.3) is 0 Å². The molecule has 0 amide bonds. The first kappa shape index (κ1) is 14.8. The fourth-order valence-corrected chi connectivity index (χ4v) is 2.37. The molecule has 3 heteroatoms. The van der Waals surface area contributed by atoms with E-state index in [1.54, 1.807) is 6.07 Å². The molecule has 0 unspecified atom stereocenters. The van der Waals surface area contributed by atoms with Crippen molar-refractivity contribution in [1.29, 1.82) is 0 Å². The maximum absolute atomic E-state index is 12.1. The predicted octanol–water partition coefficient (Wildman–Crippen LogP) is 4.83. The number of benzene rings is 2. The van der Waals surface area contributed by atoms with Crippen LogP contribution in [0.3, 0.4) is 0 Å². The molecular formula is C17H17BrO2. The number of rotatable bonds is 5. The smallest absolute Gasteiger partial charge is 0.201 e. The van der Waals surface area contributed by atoms with Gasteiger partial charge >= 0.3 is 0 Å². The van der Waals surface area contributed by atoms with E-state index in [1.807, 2.05) is 42.5 Å². The van der Waals surface area contributed by atoms with Crippen molar-refractivity contribution in [1.82, 2.24) is 0 Å². The Kier molecular flexibility index (Phi) is 4.96. The maximum atomic E-state index is 12.1. The van der Waals surface area contributed by atoms with Crippen molar-refractivity contribution < 1.29 is 9.53 Å². The van der Waals surface area contributed by atoms with E-state index in [0.29, 0.717) is 11.5 Å². The maximum Gasteiger partial charge on any atom is 0.201 e. The summed E-state index contributed by atoms with van der Waals surface area (Å²) in [5.41, 5.74) is 1.90. The summed E-state index contributed by atoms with van der Waals surface area (Å²) in [6, 6.07) is 15.2. The largest absolute Gasteiger partial charge is 0.485 e. The van der Waals surface area contributed by atoms with E-state index in [4.69, 9.17) is 4.74 Å². The molecule has 0 atom stereocenters. The summed E-state index contributed by atoms with van der Waals surface area (Å²) in [4.78, 5) is 12.1. The highest BCUT2D eigenvalue weighted by atomic mass is 79.9. The molecule has 0 N–H and O–H groups in total. The first-order chi connectivity index (χ1) is 9.58. The lowest BCUT2D eigenvalue weighted by Gasteiger charge is -2.09. The fourth-order valence-electron chi connectivity index (χ4n) is 1.86. The van der Waals surface area contributed by atoms with Crippen molar-refractivity contribution in [3.05, 3.63) is 64.1 Å². The number of hydrogen-bond acceptors (Lipinski definition) is 2. The Morgan fingerprint density at radius 3 is 2.35 bits per heavy atom. The number of Topliss-reactive ketones (excluding diaryl/α,β-unsaturated/α-hetero) is 1. The summed E-state index contributed by atoms with van der Waals surface area (Å²) in [6.07, 6.45) is 0. The summed E-state index contributed by atoms with van der Waals surface area (Å²) in [6.45, 7) is 4.34. The molecule has 0 spiro atoms. The normalized spacial score (nSPS) is 10.6. The predicted molar refractivity (Wildman–Crippen MR) is 84.5 cm³/mol. The lowest BCUT2D eigenvalue weighted by Crippen LogP contribution is -2.12. The Balaban J connectivity index is 1.98. The van der Waals surface area contributed by atoms with E-state index in [-0.39, 0.29) is 12.4 Å². The van der Waals surface area contributed by atoms with Gasteiger partial charge in [-0.1, -0.05) is 60.1 Å². The van der Waals surface area contributed by atoms with Gasteiger partial charge in [0.2, 0.25) is 5.78 Å². The van der Waals surface area contributed by atoms with Crippen molar-refractivity contribution in [3.8, 4) is 5.75 Å². The van der Waals surface area contributed by atoms with Crippen LogP contribution in [0.25, 0.3) is 0 Å². The number of hydrogen-bond donors (Lipinski definition) is 0. The Bertz CT molecular complexity index is 588. The van der Waals surface area contributed by atoms with Crippen molar-refractivity contribution in [2.24, 2.45) is 0 Å². The topological polar surface area (TPSA) is 26.3 Å². The minimum atomic E-state index is -0.0367. The van der Waals surface area contributed by atoms with Crippen LogP contribution in [-0.2, 0) is 0 Å². The molecule has 2 aromatic carbocycles. The lowest BCUT2D eigenvalue weighted by atomic mass is 10.0.